The Bertz CT molecular complexity index is 1310. The zero-order valence-corrected chi connectivity index (χ0v) is 23.6. The van der Waals surface area contributed by atoms with Gasteiger partial charge in [0.1, 0.15) is 29.1 Å². The summed E-state index contributed by atoms with van der Waals surface area (Å²) in [6.07, 6.45) is 3.15. The number of alkyl halides is 1. The second-order valence-electron chi connectivity index (χ2n) is 10.7. The molecule has 0 spiro atoms. The highest BCUT2D eigenvalue weighted by atomic mass is 35.5. The molecule has 1 aromatic heterocycles. The van der Waals surface area contributed by atoms with Crippen molar-refractivity contribution in [3.05, 3.63) is 70.6 Å². The number of aromatic nitrogens is 1. The number of carbonyl (C=O) groups is 1. The zero-order valence-electron chi connectivity index (χ0n) is 22.8. The fraction of sp³-hybridized carbons (Fsp3) is 0.429. The minimum atomic E-state index is -0.710. The van der Waals surface area contributed by atoms with E-state index in [0.717, 1.165) is 11.1 Å². The van der Waals surface area contributed by atoms with Gasteiger partial charge in [0.25, 0.3) is 0 Å². The molecular formula is C28H35ClFN5O4. The smallest absolute Gasteiger partial charge is 0.416 e. The average Bonchev–Trinajstić information content (AvgIpc) is 3.26. The summed E-state index contributed by atoms with van der Waals surface area (Å²) in [7, 11) is 1.48. The lowest BCUT2D eigenvalue weighted by molar-refractivity contribution is 0.0244. The third-order valence-corrected chi connectivity index (χ3v) is 6.92. The lowest BCUT2D eigenvalue weighted by Crippen LogP contribution is -2.51. The third-order valence-electron chi connectivity index (χ3n) is 6.64. The van der Waals surface area contributed by atoms with Gasteiger partial charge >= 0.3 is 6.09 Å². The van der Waals surface area contributed by atoms with Crippen LogP contribution in [0.25, 0.3) is 5.70 Å². The molecule has 2 atom stereocenters. The molecule has 2 aromatic rings. The van der Waals surface area contributed by atoms with Gasteiger partial charge < -0.3 is 30.6 Å². The van der Waals surface area contributed by atoms with E-state index in [0.29, 0.717) is 48.3 Å². The van der Waals surface area contributed by atoms with Gasteiger partial charge in [-0.2, -0.15) is 0 Å². The molecule has 1 saturated heterocycles. The summed E-state index contributed by atoms with van der Waals surface area (Å²) in [5.74, 6) is 0.993. The molecule has 1 fully saturated rings. The number of amides is 1. The summed E-state index contributed by atoms with van der Waals surface area (Å²) in [6.45, 7) is 8.11. The molecule has 1 amide bonds. The number of pyridine rings is 1. The molecule has 9 nitrogen and oxygen atoms in total. The number of carbonyl (C=O) groups excluding carboxylic acids is 1. The van der Waals surface area contributed by atoms with Crippen molar-refractivity contribution < 1.29 is 23.4 Å². The first kappa shape index (κ1) is 28.4. The first-order valence-corrected chi connectivity index (χ1v) is 13.2. The Morgan fingerprint density at radius 3 is 2.67 bits per heavy atom. The third kappa shape index (κ3) is 6.33. The molecule has 3 heterocycles. The van der Waals surface area contributed by atoms with E-state index >= 15 is 0 Å². The Hall–Kier alpha value is -3.66. The van der Waals surface area contributed by atoms with Crippen molar-refractivity contribution in [3.63, 3.8) is 0 Å². The van der Waals surface area contributed by atoms with Crippen LogP contribution in [-0.4, -0.2) is 58.8 Å². The number of allylic oxidation sites excluding steroid dienone is 1. The van der Waals surface area contributed by atoms with Crippen molar-refractivity contribution in [1.82, 2.24) is 14.8 Å². The predicted molar refractivity (Wildman–Crippen MR) is 147 cm³/mol. The molecule has 2 unspecified atom stereocenters. The van der Waals surface area contributed by atoms with Gasteiger partial charge in [0, 0.05) is 35.8 Å². The lowest BCUT2D eigenvalue weighted by Gasteiger charge is -2.39. The zero-order chi connectivity index (χ0) is 28.5. The van der Waals surface area contributed by atoms with E-state index in [1.54, 1.807) is 33.0 Å². The van der Waals surface area contributed by atoms with Crippen LogP contribution in [0.5, 0.6) is 11.6 Å². The fourth-order valence-corrected chi connectivity index (χ4v) is 5.01. The van der Waals surface area contributed by atoms with Crippen LogP contribution in [0.2, 0.25) is 0 Å². The van der Waals surface area contributed by atoms with Crippen molar-refractivity contribution in [2.45, 2.75) is 57.7 Å². The second-order valence-corrected chi connectivity index (χ2v) is 10.9. The topological polar surface area (TPSA) is 116 Å². The van der Waals surface area contributed by atoms with Crippen molar-refractivity contribution in [2.75, 3.05) is 20.2 Å². The Balaban J connectivity index is 1.68. The van der Waals surface area contributed by atoms with Gasteiger partial charge in [0.15, 0.2) is 0 Å². The van der Waals surface area contributed by atoms with E-state index in [4.69, 9.17) is 37.3 Å². The minimum absolute atomic E-state index is 0.133. The molecule has 0 aliphatic carbocycles. The Morgan fingerprint density at radius 1 is 1.28 bits per heavy atom. The van der Waals surface area contributed by atoms with Crippen LogP contribution in [-0.2, 0) is 10.6 Å². The highest BCUT2D eigenvalue weighted by molar-refractivity contribution is 6.17. The van der Waals surface area contributed by atoms with Crippen LogP contribution in [0.4, 0.5) is 9.18 Å². The number of nitrogens with zero attached hydrogens (tertiary/aromatic N) is 3. The molecule has 4 rings (SSSR count). The van der Waals surface area contributed by atoms with Crippen LogP contribution in [0.1, 0.15) is 43.9 Å². The van der Waals surface area contributed by atoms with Crippen molar-refractivity contribution in [1.29, 1.82) is 0 Å². The number of nitrogens with two attached hydrogens (primary N) is 2. The van der Waals surface area contributed by atoms with Crippen molar-refractivity contribution >= 4 is 23.4 Å². The average molecular weight is 560 g/mol. The molecule has 4 N–H and O–H groups in total. The molecule has 210 valence electrons. The largest absolute Gasteiger partial charge is 0.496 e. The van der Waals surface area contributed by atoms with Crippen LogP contribution < -0.4 is 20.9 Å². The lowest BCUT2D eigenvalue weighted by atomic mass is 10.1. The normalized spacial score (nSPS) is 19.7. The summed E-state index contributed by atoms with van der Waals surface area (Å²) in [4.78, 5) is 21.0. The molecule has 2 aliphatic rings. The molecule has 2 aliphatic heterocycles. The van der Waals surface area contributed by atoms with E-state index in [1.807, 2.05) is 13.0 Å². The summed E-state index contributed by atoms with van der Waals surface area (Å²) in [5.41, 5.74) is 15.3. The second kappa shape index (κ2) is 11.2. The van der Waals surface area contributed by atoms with E-state index in [2.05, 4.69) is 9.88 Å². The molecule has 0 radical (unpaired) electrons. The summed E-state index contributed by atoms with van der Waals surface area (Å²) < 4.78 is 31.3. The van der Waals surface area contributed by atoms with E-state index in [9.17, 15) is 9.18 Å². The Kier molecular flexibility index (Phi) is 8.15. The van der Waals surface area contributed by atoms with Gasteiger partial charge in [-0.1, -0.05) is 0 Å². The van der Waals surface area contributed by atoms with Crippen LogP contribution in [0.15, 0.2) is 48.1 Å². The highest BCUT2D eigenvalue weighted by Gasteiger charge is 2.42. The minimum Gasteiger partial charge on any atom is -0.496 e. The number of rotatable bonds is 6. The van der Waals surface area contributed by atoms with Crippen molar-refractivity contribution in [3.8, 4) is 11.6 Å². The number of aryl methyl sites for hydroxylation is 1. The maximum absolute atomic E-state index is 14.1. The summed E-state index contributed by atoms with van der Waals surface area (Å²) >= 11 is 5.97. The molecular weight excluding hydrogens is 525 g/mol. The summed E-state index contributed by atoms with van der Waals surface area (Å²) in [5, 5.41) is 0. The molecule has 0 saturated carbocycles. The molecule has 11 heteroatoms. The SMILES string of the molecule is COc1ccc(F)cc1/C(N)=C/C1=C(N)N(C(=O)OC(C)(C)C)CC2CC(Oc3cc(C)c(CCl)cn3)CN12. The van der Waals surface area contributed by atoms with E-state index in [-0.39, 0.29) is 23.7 Å². The number of halogens is 2. The molecule has 39 heavy (non-hydrogen) atoms. The van der Waals surface area contributed by atoms with E-state index < -0.39 is 17.5 Å². The first-order valence-electron chi connectivity index (χ1n) is 12.7. The van der Waals surface area contributed by atoms with Gasteiger partial charge in [-0.25, -0.2) is 14.2 Å². The van der Waals surface area contributed by atoms with Gasteiger partial charge in [-0.15, -0.1) is 11.6 Å². The van der Waals surface area contributed by atoms with Gasteiger partial charge in [-0.05, 0) is 63.1 Å². The highest BCUT2D eigenvalue weighted by Crippen LogP contribution is 2.35. The molecule has 1 aromatic carbocycles. The van der Waals surface area contributed by atoms with Gasteiger partial charge in [0.05, 0.1) is 31.9 Å². The van der Waals surface area contributed by atoms with Crippen molar-refractivity contribution in [2.24, 2.45) is 11.5 Å². The van der Waals surface area contributed by atoms with E-state index in [1.165, 1.54) is 30.2 Å². The maximum atomic E-state index is 14.1. The number of fused-ring (bicyclic) bond motifs is 1. The quantitative estimate of drug-likeness (QED) is 0.498. The monoisotopic (exact) mass is 559 g/mol. The number of benzene rings is 1. The van der Waals surface area contributed by atoms with Crippen LogP contribution in [0.3, 0.4) is 0 Å². The number of hydrogen-bond donors (Lipinski definition) is 2. The van der Waals surface area contributed by atoms with Gasteiger partial charge in [-0.3, -0.25) is 4.90 Å². The Morgan fingerprint density at radius 2 is 2.03 bits per heavy atom. The maximum Gasteiger partial charge on any atom is 0.416 e. The van der Waals surface area contributed by atoms with Gasteiger partial charge in [0.2, 0.25) is 5.88 Å². The predicted octanol–water partition coefficient (Wildman–Crippen LogP) is 4.48. The van der Waals surface area contributed by atoms with Crippen LogP contribution >= 0.6 is 11.6 Å². The number of ether oxygens (including phenoxy) is 3. The Labute approximate surface area is 233 Å². The number of hydrogen-bond acceptors (Lipinski definition) is 8. The fourth-order valence-electron chi connectivity index (χ4n) is 4.73. The number of methoxy groups -OCH3 is 1. The first-order chi connectivity index (χ1) is 18.4. The molecule has 0 bridgehead atoms. The standard InChI is InChI=1S/C28H35ClFN5O4/c1-16-8-25(33-13-17(16)12-29)38-20-10-19-14-35(27(36)39-28(2,3)4)26(32)23(34(19)15-20)11-22(31)21-9-18(30)6-7-24(21)37-5/h6-9,11,13,19-20H,10,12,14-15,31-32H2,1-5H3/b22-11-. The summed E-state index contributed by atoms with van der Waals surface area (Å²) in [6, 6.07) is 5.82. The van der Waals surface area contributed by atoms with Crippen LogP contribution in [0, 0.1) is 12.7 Å².